The van der Waals surface area contributed by atoms with E-state index < -0.39 is 15.8 Å². The number of methoxy groups -OCH3 is 2. The summed E-state index contributed by atoms with van der Waals surface area (Å²) in [5, 5.41) is 0.867. The highest BCUT2D eigenvalue weighted by Gasteiger charge is 2.30. The van der Waals surface area contributed by atoms with E-state index in [9.17, 15) is 12.8 Å². The van der Waals surface area contributed by atoms with Crippen LogP contribution in [0, 0.1) is 5.82 Å². The number of hydrogen-bond acceptors (Lipinski definition) is 6. The van der Waals surface area contributed by atoms with Crippen LogP contribution in [-0.4, -0.2) is 63.0 Å². The number of fused-ring (bicyclic) bond motifs is 1. The third kappa shape index (κ3) is 4.34. The van der Waals surface area contributed by atoms with Crippen LogP contribution < -0.4 is 9.47 Å². The lowest BCUT2D eigenvalue weighted by Gasteiger charge is -2.33. The van der Waals surface area contributed by atoms with Gasteiger partial charge in [0, 0.05) is 44.2 Å². The monoisotopic (exact) mass is 445 g/mol. The number of benzene rings is 2. The number of piperazine rings is 1. The van der Waals surface area contributed by atoms with Gasteiger partial charge in [0.1, 0.15) is 22.2 Å². The molecule has 0 unspecified atom stereocenters. The maximum atomic E-state index is 14.0. The van der Waals surface area contributed by atoms with Crippen LogP contribution >= 0.6 is 0 Å². The van der Waals surface area contributed by atoms with Crippen LogP contribution in [0.4, 0.5) is 4.39 Å². The Balaban J connectivity index is 1.48. The molecule has 1 aromatic heterocycles. The highest BCUT2D eigenvalue weighted by molar-refractivity contribution is 7.89. The molecule has 3 aromatic rings. The Morgan fingerprint density at radius 2 is 1.74 bits per heavy atom. The second kappa shape index (κ2) is 8.78. The molecule has 0 amide bonds. The van der Waals surface area contributed by atoms with E-state index in [1.807, 2.05) is 24.3 Å². The normalized spacial score (nSPS) is 15.8. The van der Waals surface area contributed by atoms with Gasteiger partial charge in [-0.2, -0.15) is 4.31 Å². The Kier molecular flexibility index (Phi) is 6.08. The van der Waals surface area contributed by atoms with E-state index in [0.29, 0.717) is 38.5 Å². The highest BCUT2D eigenvalue weighted by atomic mass is 32.2. The molecule has 1 aliphatic rings. The summed E-state index contributed by atoms with van der Waals surface area (Å²) in [4.78, 5) is 6.57. The number of ether oxygens (including phenoxy) is 2. The molecular formula is C22H24FN3O4S. The van der Waals surface area contributed by atoms with Crippen molar-refractivity contribution >= 4 is 20.9 Å². The predicted octanol–water partition coefficient (Wildman–Crippen LogP) is 2.90. The molecule has 0 bridgehead atoms. The fourth-order valence-corrected chi connectivity index (χ4v) is 5.24. The van der Waals surface area contributed by atoms with Gasteiger partial charge in [-0.3, -0.25) is 9.88 Å². The van der Waals surface area contributed by atoms with Gasteiger partial charge in [-0.05, 0) is 30.3 Å². The van der Waals surface area contributed by atoms with Crippen LogP contribution in [0.25, 0.3) is 10.9 Å². The SMILES string of the molecule is COc1ccc2nc(CN3CCN(S(=O)(=O)c4ccccc4F)CC3)cc(OC)c2c1. The summed E-state index contributed by atoms with van der Waals surface area (Å²) in [6, 6.07) is 13.0. The molecule has 1 saturated heterocycles. The summed E-state index contributed by atoms with van der Waals surface area (Å²) < 4.78 is 51.7. The maximum Gasteiger partial charge on any atom is 0.246 e. The summed E-state index contributed by atoms with van der Waals surface area (Å²) in [7, 11) is -0.623. The Bertz CT molecular complexity index is 1190. The first kappa shape index (κ1) is 21.5. The van der Waals surface area contributed by atoms with E-state index >= 15 is 0 Å². The lowest BCUT2D eigenvalue weighted by Crippen LogP contribution is -2.48. The van der Waals surface area contributed by atoms with Crippen molar-refractivity contribution in [2.24, 2.45) is 0 Å². The summed E-state index contributed by atoms with van der Waals surface area (Å²) >= 11 is 0. The zero-order valence-corrected chi connectivity index (χ0v) is 18.2. The topological polar surface area (TPSA) is 72.0 Å². The van der Waals surface area contributed by atoms with Crippen molar-refractivity contribution in [3.05, 3.63) is 60.0 Å². The Morgan fingerprint density at radius 1 is 1.00 bits per heavy atom. The average molecular weight is 446 g/mol. The number of aromatic nitrogens is 1. The zero-order chi connectivity index (χ0) is 22.0. The number of sulfonamides is 1. The third-order valence-electron chi connectivity index (χ3n) is 5.42. The molecule has 0 radical (unpaired) electrons. The summed E-state index contributed by atoms with van der Waals surface area (Å²) in [5.41, 5.74) is 1.64. The van der Waals surface area contributed by atoms with Crippen molar-refractivity contribution in [2.45, 2.75) is 11.4 Å². The van der Waals surface area contributed by atoms with Gasteiger partial charge in [0.15, 0.2) is 0 Å². The number of halogens is 1. The minimum absolute atomic E-state index is 0.278. The Morgan fingerprint density at radius 3 is 2.42 bits per heavy atom. The van der Waals surface area contributed by atoms with E-state index in [0.717, 1.165) is 28.4 Å². The molecule has 2 heterocycles. The minimum atomic E-state index is -3.85. The zero-order valence-electron chi connectivity index (χ0n) is 17.4. The van der Waals surface area contributed by atoms with Crippen LogP contribution in [0.2, 0.25) is 0 Å². The van der Waals surface area contributed by atoms with Gasteiger partial charge in [-0.25, -0.2) is 12.8 Å². The van der Waals surface area contributed by atoms with Crippen molar-refractivity contribution in [1.82, 2.24) is 14.2 Å². The van der Waals surface area contributed by atoms with E-state index in [1.54, 1.807) is 14.2 Å². The van der Waals surface area contributed by atoms with Crippen molar-refractivity contribution in [3.8, 4) is 11.5 Å². The van der Waals surface area contributed by atoms with E-state index in [2.05, 4.69) is 4.90 Å². The molecule has 0 saturated carbocycles. The van der Waals surface area contributed by atoms with Gasteiger partial charge in [0.05, 0.1) is 25.4 Å². The molecule has 164 valence electrons. The predicted molar refractivity (Wildman–Crippen MR) is 115 cm³/mol. The largest absolute Gasteiger partial charge is 0.497 e. The Labute approximate surface area is 181 Å². The van der Waals surface area contributed by atoms with Crippen LogP contribution in [0.15, 0.2) is 53.4 Å². The third-order valence-corrected chi connectivity index (χ3v) is 7.35. The summed E-state index contributed by atoms with van der Waals surface area (Å²) in [5.74, 6) is 0.709. The lowest BCUT2D eigenvalue weighted by atomic mass is 10.1. The molecule has 0 atom stereocenters. The molecule has 0 N–H and O–H groups in total. The van der Waals surface area contributed by atoms with Gasteiger partial charge in [-0.1, -0.05) is 12.1 Å². The van der Waals surface area contributed by atoms with Crippen LogP contribution in [0.5, 0.6) is 11.5 Å². The molecule has 9 heteroatoms. The van der Waals surface area contributed by atoms with E-state index in [-0.39, 0.29) is 4.90 Å². The Hall–Kier alpha value is -2.75. The van der Waals surface area contributed by atoms with E-state index in [1.165, 1.54) is 22.5 Å². The standard InChI is InChI=1S/C22H24FN3O4S/c1-29-17-7-8-20-18(14-17)21(30-2)13-16(24-20)15-25-9-11-26(12-10-25)31(27,28)22-6-4-3-5-19(22)23/h3-8,13-14H,9-12,15H2,1-2H3. The van der Waals surface area contributed by atoms with Gasteiger partial charge < -0.3 is 9.47 Å². The van der Waals surface area contributed by atoms with Gasteiger partial charge in [-0.15, -0.1) is 0 Å². The smallest absolute Gasteiger partial charge is 0.246 e. The molecule has 1 fully saturated rings. The van der Waals surface area contributed by atoms with Crippen molar-refractivity contribution < 1.29 is 22.3 Å². The molecule has 2 aromatic carbocycles. The molecular weight excluding hydrogens is 421 g/mol. The second-order valence-corrected chi connectivity index (χ2v) is 9.22. The molecule has 0 aliphatic carbocycles. The number of pyridine rings is 1. The fraction of sp³-hybridized carbons (Fsp3) is 0.318. The van der Waals surface area contributed by atoms with E-state index in [4.69, 9.17) is 14.5 Å². The fourth-order valence-electron chi connectivity index (χ4n) is 3.75. The first-order valence-electron chi connectivity index (χ1n) is 9.91. The molecule has 7 nitrogen and oxygen atoms in total. The lowest BCUT2D eigenvalue weighted by molar-refractivity contribution is 0.179. The van der Waals surface area contributed by atoms with Crippen LogP contribution in [-0.2, 0) is 16.6 Å². The van der Waals surface area contributed by atoms with Crippen molar-refractivity contribution in [1.29, 1.82) is 0 Å². The first-order valence-corrected chi connectivity index (χ1v) is 11.3. The molecule has 4 rings (SSSR count). The summed E-state index contributed by atoms with van der Waals surface area (Å²) in [6.45, 7) is 2.19. The van der Waals surface area contributed by atoms with Crippen molar-refractivity contribution in [2.75, 3.05) is 40.4 Å². The van der Waals surface area contributed by atoms with Gasteiger partial charge >= 0.3 is 0 Å². The molecule has 0 spiro atoms. The number of nitrogens with zero attached hydrogens (tertiary/aromatic N) is 3. The number of hydrogen-bond donors (Lipinski definition) is 0. The molecule has 1 aliphatic heterocycles. The highest BCUT2D eigenvalue weighted by Crippen LogP contribution is 2.29. The van der Waals surface area contributed by atoms with Gasteiger partial charge in [0.25, 0.3) is 0 Å². The van der Waals surface area contributed by atoms with Crippen molar-refractivity contribution in [3.63, 3.8) is 0 Å². The van der Waals surface area contributed by atoms with Gasteiger partial charge in [0.2, 0.25) is 10.0 Å². The van der Waals surface area contributed by atoms with Crippen LogP contribution in [0.1, 0.15) is 5.69 Å². The first-order chi connectivity index (χ1) is 14.9. The maximum absolute atomic E-state index is 14.0. The average Bonchev–Trinajstić information content (AvgIpc) is 2.78. The quantitative estimate of drug-likeness (QED) is 0.581. The minimum Gasteiger partial charge on any atom is -0.497 e. The molecule has 31 heavy (non-hydrogen) atoms. The van der Waals surface area contributed by atoms with Crippen LogP contribution in [0.3, 0.4) is 0 Å². The number of rotatable bonds is 6. The summed E-state index contributed by atoms with van der Waals surface area (Å²) in [6.07, 6.45) is 0. The second-order valence-electron chi connectivity index (χ2n) is 7.31.